The summed E-state index contributed by atoms with van der Waals surface area (Å²) < 4.78 is 0. The first kappa shape index (κ1) is 13.8. The van der Waals surface area contributed by atoms with E-state index in [9.17, 15) is 4.79 Å². The monoisotopic (exact) mass is 253 g/mol. The van der Waals surface area contributed by atoms with Crippen molar-refractivity contribution in [2.24, 2.45) is 0 Å². The summed E-state index contributed by atoms with van der Waals surface area (Å²) in [6.07, 6.45) is 7.22. The van der Waals surface area contributed by atoms with Crippen molar-refractivity contribution in [1.29, 1.82) is 0 Å². The third-order valence-corrected chi connectivity index (χ3v) is 4.45. The summed E-state index contributed by atoms with van der Waals surface area (Å²) in [5.74, 6) is 0.283. The molecule has 0 aromatic carbocycles. The molecule has 0 saturated carbocycles. The van der Waals surface area contributed by atoms with Crippen molar-refractivity contribution in [3.8, 4) is 0 Å². The lowest BCUT2D eigenvalue weighted by Gasteiger charge is -2.33. The van der Waals surface area contributed by atoms with Crippen LogP contribution in [-0.2, 0) is 4.79 Å². The van der Waals surface area contributed by atoms with E-state index in [0.717, 1.165) is 32.4 Å². The molecular formula is C14H27N3O. The topological polar surface area (TPSA) is 35.6 Å². The Morgan fingerprint density at radius 3 is 2.83 bits per heavy atom. The summed E-state index contributed by atoms with van der Waals surface area (Å²) in [6.45, 7) is 3.11. The zero-order valence-electron chi connectivity index (χ0n) is 11.8. The highest BCUT2D eigenvalue weighted by Gasteiger charge is 2.26. The summed E-state index contributed by atoms with van der Waals surface area (Å²) in [6, 6.07) is 0.754. The molecule has 2 rings (SSSR count). The van der Waals surface area contributed by atoms with Gasteiger partial charge in [-0.1, -0.05) is 6.42 Å². The van der Waals surface area contributed by atoms with Gasteiger partial charge in [0.2, 0.25) is 5.91 Å². The standard InChI is InChI=1S/C14H27N3O/c1-16-10-4-3-6-12(16)8-11-17(2)14(18)13-7-5-9-15-13/h12-13,15H,3-11H2,1-2H3. The van der Waals surface area contributed by atoms with E-state index in [1.807, 2.05) is 11.9 Å². The predicted octanol–water partition coefficient (Wildman–Crippen LogP) is 1.07. The number of hydrogen-bond donors (Lipinski definition) is 1. The number of likely N-dealkylation sites (tertiary alicyclic amines) is 1. The number of likely N-dealkylation sites (N-methyl/N-ethyl adjacent to an activating group) is 1. The maximum Gasteiger partial charge on any atom is 0.239 e. The Labute approximate surface area is 111 Å². The molecule has 104 valence electrons. The lowest BCUT2D eigenvalue weighted by Crippen LogP contribution is -2.44. The highest BCUT2D eigenvalue weighted by molar-refractivity contribution is 5.81. The van der Waals surface area contributed by atoms with Crippen LogP contribution in [-0.4, -0.2) is 61.5 Å². The van der Waals surface area contributed by atoms with E-state index in [-0.39, 0.29) is 11.9 Å². The Balaban J connectivity index is 1.73. The van der Waals surface area contributed by atoms with Crippen LogP contribution in [0.25, 0.3) is 0 Å². The van der Waals surface area contributed by atoms with Crippen LogP contribution in [0.5, 0.6) is 0 Å². The first-order valence-corrected chi connectivity index (χ1v) is 7.37. The minimum absolute atomic E-state index is 0.0825. The van der Waals surface area contributed by atoms with Gasteiger partial charge in [0, 0.05) is 19.6 Å². The van der Waals surface area contributed by atoms with Crippen LogP contribution in [0.3, 0.4) is 0 Å². The number of carbonyl (C=O) groups is 1. The van der Waals surface area contributed by atoms with Crippen LogP contribution in [0.15, 0.2) is 0 Å². The third kappa shape index (κ3) is 3.45. The van der Waals surface area contributed by atoms with E-state index in [0.29, 0.717) is 6.04 Å². The molecular weight excluding hydrogens is 226 g/mol. The third-order valence-electron chi connectivity index (χ3n) is 4.45. The Morgan fingerprint density at radius 2 is 2.17 bits per heavy atom. The molecule has 4 heteroatoms. The average molecular weight is 253 g/mol. The van der Waals surface area contributed by atoms with E-state index < -0.39 is 0 Å². The Hall–Kier alpha value is -0.610. The van der Waals surface area contributed by atoms with E-state index in [2.05, 4.69) is 17.3 Å². The Morgan fingerprint density at radius 1 is 1.33 bits per heavy atom. The summed E-state index contributed by atoms with van der Waals surface area (Å²) in [5.41, 5.74) is 0. The maximum absolute atomic E-state index is 12.1. The molecule has 0 aliphatic carbocycles. The van der Waals surface area contributed by atoms with Crippen molar-refractivity contribution < 1.29 is 4.79 Å². The minimum Gasteiger partial charge on any atom is -0.344 e. The van der Waals surface area contributed by atoms with Crippen molar-refractivity contribution in [1.82, 2.24) is 15.1 Å². The van der Waals surface area contributed by atoms with Gasteiger partial charge < -0.3 is 15.1 Å². The molecule has 0 bridgehead atoms. The SMILES string of the molecule is CN(CCC1CCCCN1C)C(=O)C1CCCN1. The number of hydrogen-bond acceptors (Lipinski definition) is 3. The summed E-state index contributed by atoms with van der Waals surface area (Å²) in [7, 11) is 4.16. The first-order chi connectivity index (χ1) is 8.68. The highest BCUT2D eigenvalue weighted by Crippen LogP contribution is 2.18. The van der Waals surface area contributed by atoms with Gasteiger partial charge in [-0.15, -0.1) is 0 Å². The Kier molecular flexibility index (Phi) is 5.01. The molecule has 2 heterocycles. The van der Waals surface area contributed by atoms with E-state index >= 15 is 0 Å². The second-order valence-corrected chi connectivity index (χ2v) is 5.83. The van der Waals surface area contributed by atoms with Gasteiger partial charge in [-0.05, 0) is 52.2 Å². The molecule has 0 aromatic rings. The van der Waals surface area contributed by atoms with Crippen LogP contribution < -0.4 is 5.32 Å². The van der Waals surface area contributed by atoms with Crippen molar-refractivity contribution in [3.63, 3.8) is 0 Å². The van der Waals surface area contributed by atoms with Crippen LogP contribution in [0.2, 0.25) is 0 Å². The summed E-state index contributed by atoms with van der Waals surface area (Å²) in [4.78, 5) is 16.5. The molecule has 18 heavy (non-hydrogen) atoms. The van der Waals surface area contributed by atoms with Gasteiger partial charge in [0.05, 0.1) is 6.04 Å². The van der Waals surface area contributed by atoms with Crippen molar-refractivity contribution in [2.75, 3.05) is 33.7 Å². The lowest BCUT2D eigenvalue weighted by molar-refractivity contribution is -0.131. The average Bonchev–Trinajstić information content (AvgIpc) is 2.90. The van der Waals surface area contributed by atoms with Gasteiger partial charge in [0.1, 0.15) is 0 Å². The van der Waals surface area contributed by atoms with Crippen LogP contribution in [0.4, 0.5) is 0 Å². The van der Waals surface area contributed by atoms with E-state index in [1.165, 1.54) is 25.8 Å². The highest BCUT2D eigenvalue weighted by atomic mass is 16.2. The smallest absolute Gasteiger partial charge is 0.239 e. The number of nitrogens with zero attached hydrogens (tertiary/aromatic N) is 2. The van der Waals surface area contributed by atoms with Crippen molar-refractivity contribution in [3.05, 3.63) is 0 Å². The number of amides is 1. The molecule has 4 nitrogen and oxygen atoms in total. The maximum atomic E-state index is 12.1. The zero-order chi connectivity index (χ0) is 13.0. The number of rotatable bonds is 4. The fourth-order valence-electron chi connectivity index (χ4n) is 3.12. The molecule has 2 atom stereocenters. The first-order valence-electron chi connectivity index (χ1n) is 7.37. The number of piperidine rings is 1. The zero-order valence-corrected chi connectivity index (χ0v) is 11.8. The van der Waals surface area contributed by atoms with Gasteiger partial charge in [-0.3, -0.25) is 4.79 Å². The van der Waals surface area contributed by atoms with E-state index in [1.54, 1.807) is 0 Å². The molecule has 0 aromatic heterocycles. The second kappa shape index (κ2) is 6.53. The fraction of sp³-hybridized carbons (Fsp3) is 0.929. The summed E-state index contributed by atoms with van der Waals surface area (Å²) in [5, 5.41) is 3.28. The van der Waals surface area contributed by atoms with Crippen molar-refractivity contribution in [2.45, 2.75) is 50.6 Å². The quantitative estimate of drug-likeness (QED) is 0.814. The van der Waals surface area contributed by atoms with Crippen LogP contribution >= 0.6 is 0 Å². The molecule has 2 saturated heterocycles. The molecule has 2 fully saturated rings. The largest absolute Gasteiger partial charge is 0.344 e. The summed E-state index contributed by atoms with van der Waals surface area (Å²) >= 11 is 0. The second-order valence-electron chi connectivity index (χ2n) is 5.83. The van der Waals surface area contributed by atoms with E-state index in [4.69, 9.17) is 0 Å². The molecule has 2 aliphatic rings. The van der Waals surface area contributed by atoms with Crippen LogP contribution in [0, 0.1) is 0 Å². The van der Waals surface area contributed by atoms with Crippen molar-refractivity contribution >= 4 is 5.91 Å². The van der Waals surface area contributed by atoms with Gasteiger partial charge in [-0.2, -0.15) is 0 Å². The fourth-order valence-corrected chi connectivity index (χ4v) is 3.12. The van der Waals surface area contributed by atoms with Gasteiger partial charge >= 0.3 is 0 Å². The van der Waals surface area contributed by atoms with Gasteiger partial charge in [0.25, 0.3) is 0 Å². The van der Waals surface area contributed by atoms with Gasteiger partial charge in [-0.25, -0.2) is 0 Å². The predicted molar refractivity (Wildman–Crippen MR) is 73.5 cm³/mol. The molecule has 2 aliphatic heterocycles. The number of nitrogens with one attached hydrogen (secondary N) is 1. The lowest BCUT2D eigenvalue weighted by atomic mass is 10.00. The molecule has 1 N–H and O–H groups in total. The Bertz CT molecular complexity index is 276. The van der Waals surface area contributed by atoms with Crippen LogP contribution in [0.1, 0.15) is 38.5 Å². The number of carbonyl (C=O) groups excluding carboxylic acids is 1. The molecule has 0 radical (unpaired) electrons. The molecule has 1 amide bonds. The normalized spacial score (nSPS) is 29.4. The molecule has 2 unspecified atom stereocenters. The van der Waals surface area contributed by atoms with Gasteiger partial charge in [0.15, 0.2) is 0 Å². The minimum atomic E-state index is 0.0825. The molecule has 0 spiro atoms.